The summed E-state index contributed by atoms with van der Waals surface area (Å²) in [6.07, 6.45) is 2.53. The molecule has 2 heterocycles. The molecule has 3 aromatic carbocycles. The van der Waals surface area contributed by atoms with Gasteiger partial charge in [0.2, 0.25) is 5.82 Å². The quantitative estimate of drug-likeness (QED) is 0.182. The molecule has 1 saturated carbocycles. The van der Waals surface area contributed by atoms with Gasteiger partial charge in [-0.1, -0.05) is 48.5 Å². The van der Waals surface area contributed by atoms with Crippen LogP contribution in [0.4, 0.5) is 18.0 Å². The topological polar surface area (TPSA) is 102 Å². The van der Waals surface area contributed by atoms with Crippen LogP contribution in [0.3, 0.4) is 0 Å². The highest BCUT2D eigenvalue weighted by molar-refractivity contribution is 6.04. The number of fused-ring (bicyclic) bond motifs is 2. The van der Waals surface area contributed by atoms with Crippen molar-refractivity contribution in [3.63, 3.8) is 0 Å². The van der Waals surface area contributed by atoms with Crippen LogP contribution in [-0.4, -0.2) is 76.4 Å². The zero-order chi connectivity index (χ0) is 33.1. The van der Waals surface area contributed by atoms with E-state index in [9.17, 15) is 33.0 Å². The number of ether oxygens (including phenoxy) is 1. The lowest BCUT2D eigenvalue weighted by Crippen LogP contribution is -2.63. The van der Waals surface area contributed by atoms with Crippen molar-refractivity contribution in [2.75, 3.05) is 26.3 Å². The van der Waals surface area contributed by atoms with Gasteiger partial charge in [0.15, 0.2) is 17.4 Å². The lowest BCUT2D eigenvalue weighted by atomic mass is 9.81. The summed E-state index contributed by atoms with van der Waals surface area (Å²) in [6.45, 7) is 1.18. The number of amides is 2. The van der Waals surface area contributed by atoms with Crippen LogP contribution in [0.1, 0.15) is 47.9 Å². The van der Waals surface area contributed by atoms with E-state index >= 15 is 0 Å². The van der Waals surface area contributed by atoms with Crippen molar-refractivity contribution in [1.29, 1.82) is 0 Å². The number of aliphatic hydroxyl groups excluding tert-OH is 1. The second-order valence-corrected chi connectivity index (χ2v) is 12.3. The van der Waals surface area contributed by atoms with Crippen molar-refractivity contribution in [1.82, 2.24) is 15.1 Å². The fourth-order valence-electron chi connectivity index (χ4n) is 6.76. The molecule has 47 heavy (non-hydrogen) atoms. The van der Waals surface area contributed by atoms with Gasteiger partial charge in [-0.3, -0.25) is 9.69 Å². The monoisotopic (exact) mass is 649 g/mol. The number of piperazine rings is 1. The lowest BCUT2D eigenvalue weighted by molar-refractivity contribution is -0.129. The first-order valence-corrected chi connectivity index (χ1v) is 16.1. The highest BCUT2D eigenvalue weighted by Gasteiger charge is 2.46. The number of benzene rings is 3. The van der Waals surface area contributed by atoms with E-state index in [1.807, 2.05) is 53.4 Å². The minimum absolute atomic E-state index is 0.000473. The van der Waals surface area contributed by atoms with Crippen LogP contribution in [0.2, 0.25) is 0 Å². The fraction of sp³-hybridized carbons (Fsp3) is 0.389. The molecular formula is C36H38F3N3O5. The molecule has 2 unspecified atom stereocenters. The van der Waals surface area contributed by atoms with E-state index in [1.165, 1.54) is 4.90 Å². The Morgan fingerprint density at radius 2 is 1.66 bits per heavy atom. The van der Waals surface area contributed by atoms with Crippen molar-refractivity contribution in [2.24, 2.45) is 0 Å². The molecule has 1 aliphatic carbocycles. The molecule has 3 aromatic rings. The average Bonchev–Trinajstić information content (AvgIpc) is 3.91. The number of rotatable bonds is 12. The highest BCUT2D eigenvalue weighted by atomic mass is 19.2. The average molecular weight is 650 g/mol. The van der Waals surface area contributed by atoms with Gasteiger partial charge in [-0.25, -0.2) is 13.6 Å². The minimum Gasteiger partial charge on any atom is -0.488 e. The smallest absolute Gasteiger partial charge is 0.408 e. The number of nitrogens with zero attached hydrogens (tertiary/aromatic N) is 2. The van der Waals surface area contributed by atoms with E-state index in [4.69, 9.17) is 4.74 Å². The molecule has 2 amide bonds. The minimum atomic E-state index is -1.35. The van der Waals surface area contributed by atoms with Crippen LogP contribution in [0.15, 0.2) is 66.2 Å². The van der Waals surface area contributed by atoms with Crippen LogP contribution in [0.25, 0.3) is 5.57 Å². The number of aryl methyl sites for hydroxylation is 1. The number of carbonyl (C=O) groups is 2. The van der Waals surface area contributed by atoms with Gasteiger partial charge in [0.25, 0.3) is 5.91 Å². The molecule has 8 nitrogen and oxygen atoms in total. The lowest BCUT2D eigenvalue weighted by Gasteiger charge is -2.47. The second-order valence-electron chi connectivity index (χ2n) is 12.3. The maximum atomic E-state index is 14.6. The number of hydrogen-bond donors (Lipinski definition) is 3. The predicted molar refractivity (Wildman–Crippen MR) is 169 cm³/mol. The van der Waals surface area contributed by atoms with Gasteiger partial charge in [0, 0.05) is 37.9 Å². The normalized spacial score (nSPS) is 19.1. The fourth-order valence-corrected chi connectivity index (χ4v) is 6.76. The van der Waals surface area contributed by atoms with Crippen molar-refractivity contribution < 1.29 is 37.7 Å². The summed E-state index contributed by atoms with van der Waals surface area (Å²) < 4.78 is 46.5. The molecule has 3 N–H and O–H groups in total. The molecule has 2 fully saturated rings. The molecule has 248 valence electrons. The third-order valence-corrected chi connectivity index (χ3v) is 9.25. The first kappa shape index (κ1) is 32.6. The largest absolute Gasteiger partial charge is 0.488 e. The van der Waals surface area contributed by atoms with E-state index < -0.39 is 35.3 Å². The van der Waals surface area contributed by atoms with Crippen LogP contribution < -0.4 is 10.1 Å². The molecule has 0 aromatic heterocycles. The summed E-state index contributed by atoms with van der Waals surface area (Å²) in [5.41, 5.74) is 5.05. The van der Waals surface area contributed by atoms with Gasteiger partial charge >= 0.3 is 6.09 Å². The first-order valence-electron chi connectivity index (χ1n) is 16.1. The number of halogens is 3. The first-order chi connectivity index (χ1) is 22.8. The highest BCUT2D eigenvalue weighted by Crippen LogP contribution is 2.40. The maximum absolute atomic E-state index is 14.6. The molecule has 2 aliphatic heterocycles. The Kier molecular flexibility index (Phi) is 9.84. The predicted octanol–water partition coefficient (Wildman–Crippen LogP) is 5.32. The van der Waals surface area contributed by atoms with Crippen molar-refractivity contribution >= 4 is 17.6 Å². The number of carbonyl (C=O) groups excluding carboxylic acids is 1. The zero-order valence-corrected chi connectivity index (χ0v) is 25.9. The Balaban J connectivity index is 1.25. The van der Waals surface area contributed by atoms with Crippen molar-refractivity contribution in [2.45, 2.75) is 63.2 Å². The Morgan fingerprint density at radius 3 is 2.36 bits per heavy atom. The zero-order valence-electron chi connectivity index (χ0n) is 25.9. The summed E-state index contributed by atoms with van der Waals surface area (Å²) in [7, 11) is 0. The van der Waals surface area contributed by atoms with E-state index in [1.54, 1.807) is 0 Å². The van der Waals surface area contributed by atoms with Gasteiger partial charge < -0.3 is 25.2 Å². The second kappa shape index (κ2) is 14.2. The Hall–Kier alpha value is -4.35. The summed E-state index contributed by atoms with van der Waals surface area (Å²) in [5.74, 6) is -4.39. The third kappa shape index (κ3) is 7.01. The van der Waals surface area contributed by atoms with Crippen LogP contribution >= 0.6 is 0 Å². The molecular weight excluding hydrogens is 611 g/mol. The number of hydrogen-bond acceptors (Lipinski definition) is 5. The van der Waals surface area contributed by atoms with Crippen LogP contribution in [-0.2, 0) is 24.2 Å². The summed E-state index contributed by atoms with van der Waals surface area (Å²) in [6, 6.07) is 16.1. The van der Waals surface area contributed by atoms with E-state index in [2.05, 4.69) is 5.32 Å². The number of nitrogens with one attached hydrogen (secondary N) is 1. The Bertz CT molecular complexity index is 1660. The maximum Gasteiger partial charge on any atom is 0.408 e. The summed E-state index contributed by atoms with van der Waals surface area (Å²) >= 11 is 0. The van der Waals surface area contributed by atoms with E-state index in [0.717, 1.165) is 46.7 Å². The summed E-state index contributed by atoms with van der Waals surface area (Å²) in [5, 5.41) is 23.1. The summed E-state index contributed by atoms with van der Waals surface area (Å²) in [4.78, 5) is 30.4. The Morgan fingerprint density at radius 1 is 0.936 bits per heavy atom. The van der Waals surface area contributed by atoms with Gasteiger partial charge in [0.1, 0.15) is 0 Å². The molecule has 3 aliphatic rings. The molecule has 11 heteroatoms. The van der Waals surface area contributed by atoms with Crippen molar-refractivity contribution in [3.8, 4) is 5.75 Å². The third-order valence-electron chi connectivity index (χ3n) is 9.25. The molecule has 2 atom stereocenters. The van der Waals surface area contributed by atoms with Gasteiger partial charge in [-0.2, -0.15) is 4.39 Å². The van der Waals surface area contributed by atoms with Crippen LogP contribution in [0, 0.1) is 17.5 Å². The molecule has 2 bridgehead atoms. The number of aliphatic hydroxyl groups is 1. The molecule has 0 spiro atoms. The molecule has 1 saturated heterocycles. The van der Waals surface area contributed by atoms with Gasteiger partial charge in [0.05, 0.1) is 18.7 Å². The van der Waals surface area contributed by atoms with Crippen LogP contribution in [0.5, 0.6) is 5.75 Å². The molecule has 6 rings (SSSR count). The standard InChI is InChI=1S/C36H38F3N3O5/c37-29-13-14-30(38)34(33(29)39)47-17-3-4-22-7-9-24(10-8-22)28-18-27-19-40-20-31(42(27)36(45)46)32(28)35(44)41(26-11-12-26)21-25-6-2-1-5-23(25)15-16-43/h1-2,5-10,13-14,26-27,31,40,43H,3-4,11-12,15-21H2,(H,45,46). The van der Waals surface area contributed by atoms with E-state index in [-0.39, 0.29) is 31.2 Å². The SMILES string of the molecule is O=C(C1=C(c2ccc(CCCOc3c(F)ccc(F)c3F)cc2)CC2CNCC1N2C(=O)O)N(Cc1ccccc1CCO)C1CC1. The number of carboxylic acid groups (broad SMARTS) is 1. The Labute approximate surface area is 271 Å². The van der Waals surface area contributed by atoms with Gasteiger partial charge in [-0.05, 0) is 78.5 Å². The van der Waals surface area contributed by atoms with Crippen molar-refractivity contribution in [3.05, 3.63) is 106 Å². The van der Waals surface area contributed by atoms with Gasteiger partial charge in [-0.15, -0.1) is 0 Å². The van der Waals surface area contributed by atoms with E-state index in [0.29, 0.717) is 57.0 Å². The molecule has 0 radical (unpaired) electrons.